The normalized spacial score (nSPS) is 26.8. The molecule has 1 unspecified atom stereocenters. The molecule has 210 valence electrons. The molecule has 38 heavy (non-hydrogen) atoms. The van der Waals surface area contributed by atoms with Crippen LogP contribution < -0.4 is 15.8 Å². The minimum atomic E-state index is -4.72. The quantitative estimate of drug-likeness (QED) is 0.309. The Hall–Kier alpha value is -2.93. The molecule has 2 N–H and O–H groups in total. The maximum absolute atomic E-state index is 15.7. The standard InChI is InChI=1S/C23H28F3N2O9P/c1-13(2)35-20(31)14(3)11-38(33,37-15-7-5-4-6-8-15)34-10-17-18(29)23(26,12-24)21(36-17)28-9-16(25)19(30)27-22(28)32/h4-9,13-14,17-18,21,29H,10-12H2,1-3H3,(H,27,30,32)/t14-,17-,18+,21-,23?,38-/m1/s1/i10D2. The second-order valence-electron chi connectivity index (χ2n) is 8.85. The van der Waals surface area contributed by atoms with E-state index in [2.05, 4.69) is 0 Å². The minimum Gasteiger partial charge on any atom is -0.463 e. The first kappa shape index (κ1) is 26.7. The molecule has 1 aliphatic rings. The number of esters is 1. The van der Waals surface area contributed by atoms with Gasteiger partial charge in [0.2, 0.25) is 11.5 Å². The summed E-state index contributed by atoms with van der Waals surface area (Å²) >= 11 is 0. The molecule has 0 aliphatic carbocycles. The van der Waals surface area contributed by atoms with Crippen molar-refractivity contribution < 1.29 is 48.9 Å². The van der Waals surface area contributed by atoms with Crippen molar-refractivity contribution in [2.24, 2.45) is 5.92 Å². The molecule has 0 spiro atoms. The second kappa shape index (κ2) is 11.9. The zero-order chi connectivity index (χ0) is 30.0. The average molecular weight is 566 g/mol. The van der Waals surface area contributed by atoms with Crippen LogP contribution >= 0.6 is 7.60 Å². The first-order valence-electron chi connectivity index (χ1n) is 12.4. The van der Waals surface area contributed by atoms with Crippen molar-refractivity contribution in [3.8, 4) is 5.75 Å². The van der Waals surface area contributed by atoms with E-state index in [1.165, 1.54) is 36.2 Å². The van der Waals surface area contributed by atoms with Gasteiger partial charge in [0.15, 0.2) is 6.23 Å². The van der Waals surface area contributed by atoms with E-state index in [1.54, 1.807) is 19.9 Å². The van der Waals surface area contributed by atoms with Crippen molar-refractivity contribution in [1.82, 2.24) is 9.55 Å². The molecule has 0 bridgehead atoms. The number of aromatic amines is 1. The van der Waals surface area contributed by atoms with Gasteiger partial charge >= 0.3 is 19.3 Å². The highest BCUT2D eigenvalue weighted by Gasteiger charge is 2.59. The molecular weight excluding hydrogens is 536 g/mol. The molecule has 6 atom stereocenters. The largest absolute Gasteiger partial charge is 0.463 e. The van der Waals surface area contributed by atoms with E-state index in [4.69, 9.17) is 21.3 Å². The van der Waals surface area contributed by atoms with Gasteiger partial charge in [-0.15, -0.1) is 0 Å². The highest BCUT2D eigenvalue weighted by Crippen LogP contribution is 2.51. The number of carbonyl (C=O) groups is 1. The van der Waals surface area contributed by atoms with E-state index in [9.17, 15) is 32.8 Å². The SMILES string of the molecule is [2H]C([2H])(O[P@](=O)(C[C@@H](C)C(=O)OC(C)C)Oc1ccccc1)[C@H]1O[C@@H](n2cc(F)c(=O)[nH]c2=O)C(F)(CF)[C@H]1O. The number of halogens is 3. The Balaban J connectivity index is 1.98. The summed E-state index contributed by atoms with van der Waals surface area (Å²) in [5.41, 5.74) is -6.46. The maximum atomic E-state index is 15.7. The van der Waals surface area contributed by atoms with Crippen molar-refractivity contribution in [2.75, 3.05) is 19.4 Å². The van der Waals surface area contributed by atoms with Gasteiger partial charge < -0.3 is 19.1 Å². The molecule has 0 radical (unpaired) electrons. The van der Waals surface area contributed by atoms with Crippen molar-refractivity contribution in [1.29, 1.82) is 0 Å². The molecule has 1 aliphatic heterocycles. The fourth-order valence-electron chi connectivity index (χ4n) is 3.52. The molecule has 1 fully saturated rings. The molecule has 0 saturated carbocycles. The lowest BCUT2D eigenvalue weighted by Gasteiger charge is -2.26. The number of para-hydroxylation sites is 1. The predicted molar refractivity (Wildman–Crippen MR) is 127 cm³/mol. The Morgan fingerprint density at radius 1 is 1.32 bits per heavy atom. The van der Waals surface area contributed by atoms with Crippen molar-refractivity contribution in [3.05, 3.63) is 63.2 Å². The summed E-state index contributed by atoms with van der Waals surface area (Å²) in [6.45, 7) is -1.01. The number of rotatable bonds is 11. The van der Waals surface area contributed by atoms with Crippen LogP contribution in [0, 0.1) is 11.7 Å². The Morgan fingerprint density at radius 3 is 2.58 bits per heavy atom. The third kappa shape index (κ3) is 6.55. The number of nitrogens with zero attached hydrogens (tertiary/aromatic N) is 1. The number of aliphatic hydroxyl groups is 1. The molecule has 2 aromatic rings. The van der Waals surface area contributed by atoms with Crippen LogP contribution in [0.5, 0.6) is 5.75 Å². The molecule has 1 aromatic heterocycles. The Morgan fingerprint density at radius 2 is 1.97 bits per heavy atom. The van der Waals surface area contributed by atoms with Crippen LogP contribution in [0.3, 0.4) is 0 Å². The monoisotopic (exact) mass is 566 g/mol. The van der Waals surface area contributed by atoms with Crippen LogP contribution in [-0.4, -0.2) is 64.0 Å². The Kier molecular flexibility index (Phi) is 8.32. The van der Waals surface area contributed by atoms with Crippen LogP contribution in [-0.2, 0) is 23.4 Å². The summed E-state index contributed by atoms with van der Waals surface area (Å²) < 4.78 is 95.0. The third-order valence-electron chi connectivity index (χ3n) is 5.39. The van der Waals surface area contributed by atoms with Gasteiger partial charge in [-0.05, 0) is 26.0 Å². The summed E-state index contributed by atoms with van der Waals surface area (Å²) in [4.78, 5) is 37.5. The van der Waals surface area contributed by atoms with Gasteiger partial charge in [0.25, 0.3) is 5.56 Å². The molecule has 0 amide bonds. The molecular formula is C23H28F3N2O9P. The first-order chi connectivity index (χ1) is 18.5. The van der Waals surface area contributed by atoms with E-state index >= 15 is 4.39 Å². The number of alkyl halides is 2. The summed E-state index contributed by atoms with van der Waals surface area (Å²) in [6.07, 6.45) is -8.72. The van der Waals surface area contributed by atoms with Crippen LogP contribution in [0.25, 0.3) is 0 Å². The summed E-state index contributed by atoms with van der Waals surface area (Å²) in [5, 5.41) is 10.6. The average Bonchev–Trinajstić information content (AvgIpc) is 3.12. The van der Waals surface area contributed by atoms with Crippen LogP contribution in [0.2, 0.25) is 0 Å². The minimum absolute atomic E-state index is 0.0595. The molecule has 1 aromatic carbocycles. The van der Waals surface area contributed by atoms with Gasteiger partial charge in [-0.1, -0.05) is 25.1 Å². The van der Waals surface area contributed by atoms with Crippen molar-refractivity contribution >= 4 is 13.6 Å². The lowest BCUT2D eigenvalue weighted by molar-refractivity contribution is -0.151. The van der Waals surface area contributed by atoms with Gasteiger partial charge in [0.05, 0.1) is 33.7 Å². The van der Waals surface area contributed by atoms with Gasteiger partial charge in [0, 0.05) is 0 Å². The van der Waals surface area contributed by atoms with Crippen molar-refractivity contribution in [3.63, 3.8) is 0 Å². The van der Waals surface area contributed by atoms with Crippen molar-refractivity contribution in [2.45, 2.75) is 51.0 Å². The number of nitrogens with one attached hydrogen (secondary N) is 1. The molecule has 11 nitrogen and oxygen atoms in total. The lowest BCUT2D eigenvalue weighted by Crippen LogP contribution is -2.48. The van der Waals surface area contributed by atoms with E-state index in [0.29, 0.717) is 0 Å². The molecule has 2 heterocycles. The number of hydrogen-bond acceptors (Lipinski definition) is 9. The zero-order valence-corrected chi connectivity index (χ0v) is 21.4. The first-order valence-corrected chi connectivity index (χ1v) is 13.1. The number of hydrogen-bond donors (Lipinski definition) is 2. The highest BCUT2D eigenvalue weighted by molar-refractivity contribution is 7.54. The highest BCUT2D eigenvalue weighted by atomic mass is 31.2. The predicted octanol–water partition coefficient (Wildman–Crippen LogP) is 2.49. The van der Waals surface area contributed by atoms with E-state index in [-0.39, 0.29) is 16.5 Å². The number of benzene rings is 1. The summed E-state index contributed by atoms with van der Waals surface area (Å²) in [7, 11) is -4.72. The number of aromatic nitrogens is 2. The van der Waals surface area contributed by atoms with Gasteiger partial charge in [-0.2, -0.15) is 4.39 Å². The molecule has 1 saturated heterocycles. The number of carbonyl (C=O) groups excluding carboxylic acids is 1. The fourth-order valence-corrected chi connectivity index (χ4v) is 5.23. The Bertz CT molecular complexity index is 1380. The topological polar surface area (TPSA) is 146 Å². The zero-order valence-electron chi connectivity index (χ0n) is 22.5. The van der Waals surface area contributed by atoms with Crippen LogP contribution in [0.1, 0.15) is 29.7 Å². The summed E-state index contributed by atoms with van der Waals surface area (Å²) in [5.74, 6) is -3.61. The van der Waals surface area contributed by atoms with Gasteiger partial charge in [-0.25, -0.2) is 18.1 Å². The number of aliphatic hydroxyl groups excluding tert-OH is 1. The van der Waals surface area contributed by atoms with Crippen LogP contribution in [0.4, 0.5) is 13.2 Å². The fraction of sp³-hybridized carbons (Fsp3) is 0.522. The molecule has 3 rings (SSSR count). The Labute approximate surface area is 217 Å². The molecule has 15 heteroatoms. The maximum Gasteiger partial charge on any atom is 0.380 e. The van der Waals surface area contributed by atoms with E-state index in [1.807, 2.05) is 0 Å². The number of ether oxygens (including phenoxy) is 2. The third-order valence-corrected chi connectivity index (χ3v) is 7.26. The van der Waals surface area contributed by atoms with E-state index < -0.39 is 86.2 Å². The van der Waals surface area contributed by atoms with Gasteiger partial charge in [0.1, 0.15) is 24.6 Å². The van der Waals surface area contributed by atoms with Gasteiger partial charge in [-0.3, -0.25) is 23.7 Å². The smallest absolute Gasteiger partial charge is 0.380 e. The van der Waals surface area contributed by atoms with E-state index in [0.717, 1.165) is 0 Å². The second-order valence-corrected chi connectivity index (χ2v) is 10.8. The van der Waals surface area contributed by atoms with Crippen LogP contribution in [0.15, 0.2) is 46.1 Å². The lowest BCUT2D eigenvalue weighted by atomic mass is 9.97. The number of H-pyrrole nitrogens is 1. The summed E-state index contributed by atoms with van der Waals surface area (Å²) in [6, 6.07) is 7.31.